The van der Waals surface area contributed by atoms with Crippen LogP contribution in [0.5, 0.6) is 0 Å². The number of thiazole rings is 1. The van der Waals surface area contributed by atoms with Gasteiger partial charge in [-0.15, -0.1) is 11.3 Å². The fraction of sp³-hybridized carbons (Fsp3) is 0.625. The molecule has 1 saturated heterocycles. The highest BCUT2D eigenvalue weighted by atomic mass is 32.1. The lowest BCUT2D eigenvalue weighted by molar-refractivity contribution is 0.0996. The van der Waals surface area contributed by atoms with E-state index in [1.54, 1.807) is 11.3 Å². The Bertz CT molecular complexity index is 554. The van der Waals surface area contributed by atoms with Crippen LogP contribution in [-0.4, -0.2) is 52.3 Å². The topological polar surface area (TPSA) is 43.2 Å². The first-order valence-electron chi connectivity index (χ1n) is 8.05. The molecule has 0 aliphatic carbocycles. The number of hydrogen-bond acceptors (Lipinski definition) is 5. The largest absolute Gasteiger partial charge is 0.380 e. The standard InChI is InChI=1S/C16H24N4OS/c1-2-21-9-8-19-6-3-4-14(10-19)16-17-5-7-20(16)11-15-12-22-13-18-15/h5,7,12-14H,2-4,6,8-11H2,1H3/t14-/m1/s1. The zero-order chi connectivity index (χ0) is 15.2. The minimum Gasteiger partial charge on any atom is -0.380 e. The minimum atomic E-state index is 0.518. The molecule has 0 radical (unpaired) electrons. The van der Waals surface area contributed by atoms with Gasteiger partial charge in [-0.3, -0.25) is 0 Å². The third kappa shape index (κ3) is 3.94. The second kappa shape index (κ2) is 7.85. The molecule has 2 aromatic heterocycles. The van der Waals surface area contributed by atoms with Crippen molar-refractivity contribution in [3.63, 3.8) is 0 Å². The smallest absolute Gasteiger partial charge is 0.113 e. The normalized spacial score (nSPS) is 19.6. The molecule has 22 heavy (non-hydrogen) atoms. The van der Waals surface area contributed by atoms with Gasteiger partial charge in [-0.05, 0) is 26.3 Å². The average Bonchev–Trinajstić information content (AvgIpc) is 3.20. The van der Waals surface area contributed by atoms with E-state index in [1.165, 1.54) is 25.2 Å². The van der Waals surface area contributed by atoms with Crippen LogP contribution >= 0.6 is 11.3 Å². The predicted molar refractivity (Wildman–Crippen MR) is 88.4 cm³/mol. The number of likely N-dealkylation sites (tertiary alicyclic amines) is 1. The SMILES string of the molecule is CCOCCN1CCC[C@@H](c2nccn2Cc2cscn2)C1. The van der Waals surface area contributed by atoms with Gasteiger partial charge in [0.05, 0.1) is 24.4 Å². The Morgan fingerprint density at radius 1 is 1.41 bits per heavy atom. The Morgan fingerprint density at radius 3 is 3.18 bits per heavy atom. The van der Waals surface area contributed by atoms with Crippen molar-refractivity contribution < 1.29 is 4.74 Å². The molecule has 1 atom stereocenters. The zero-order valence-electron chi connectivity index (χ0n) is 13.1. The number of hydrogen-bond donors (Lipinski definition) is 0. The molecular formula is C16H24N4OS. The van der Waals surface area contributed by atoms with Gasteiger partial charge in [0.25, 0.3) is 0 Å². The van der Waals surface area contributed by atoms with Gasteiger partial charge in [0.2, 0.25) is 0 Å². The van der Waals surface area contributed by atoms with Gasteiger partial charge in [-0.2, -0.15) is 0 Å². The van der Waals surface area contributed by atoms with Crippen molar-refractivity contribution in [3.8, 4) is 0 Å². The number of imidazole rings is 1. The number of aromatic nitrogens is 3. The summed E-state index contributed by atoms with van der Waals surface area (Å²) in [6.07, 6.45) is 6.45. The summed E-state index contributed by atoms with van der Waals surface area (Å²) in [4.78, 5) is 11.5. The van der Waals surface area contributed by atoms with Crippen molar-refractivity contribution in [1.29, 1.82) is 0 Å². The van der Waals surface area contributed by atoms with E-state index in [4.69, 9.17) is 4.74 Å². The van der Waals surface area contributed by atoms with Crippen LogP contribution in [0.25, 0.3) is 0 Å². The molecule has 0 aromatic carbocycles. The van der Waals surface area contributed by atoms with Gasteiger partial charge >= 0.3 is 0 Å². The summed E-state index contributed by atoms with van der Waals surface area (Å²) < 4.78 is 7.74. The van der Waals surface area contributed by atoms with Crippen LogP contribution in [0.1, 0.15) is 37.2 Å². The molecule has 5 nitrogen and oxygen atoms in total. The highest BCUT2D eigenvalue weighted by Crippen LogP contribution is 2.26. The van der Waals surface area contributed by atoms with Gasteiger partial charge in [0.15, 0.2) is 0 Å². The van der Waals surface area contributed by atoms with E-state index < -0.39 is 0 Å². The quantitative estimate of drug-likeness (QED) is 0.736. The van der Waals surface area contributed by atoms with Gasteiger partial charge in [0, 0.05) is 43.4 Å². The molecule has 0 spiro atoms. The van der Waals surface area contributed by atoms with Crippen molar-refractivity contribution in [2.24, 2.45) is 0 Å². The number of rotatable bonds is 7. The Morgan fingerprint density at radius 2 is 2.36 bits per heavy atom. The lowest BCUT2D eigenvalue weighted by Crippen LogP contribution is -2.37. The fourth-order valence-corrected chi connectivity index (χ4v) is 3.66. The van der Waals surface area contributed by atoms with Crippen LogP contribution in [0.3, 0.4) is 0 Å². The molecular weight excluding hydrogens is 296 g/mol. The Balaban J connectivity index is 1.62. The van der Waals surface area contributed by atoms with Crippen molar-refractivity contribution in [3.05, 3.63) is 34.8 Å². The van der Waals surface area contributed by atoms with E-state index >= 15 is 0 Å². The predicted octanol–water partition coefficient (Wildman–Crippen LogP) is 2.60. The Labute approximate surface area is 136 Å². The van der Waals surface area contributed by atoms with Crippen LogP contribution in [0.15, 0.2) is 23.3 Å². The van der Waals surface area contributed by atoms with Crippen molar-refractivity contribution in [1.82, 2.24) is 19.4 Å². The monoisotopic (exact) mass is 320 g/mol. The van der Waals surface area contributed by atoms with Gasteiger partial charge < -0.3 is 14.2 Å². The summed E-state index contributed by atoms with van der Waals surface area (Å²) >= 11 is 1.65. The zero-order valence-corrected chi connectivity index (χ0v) is 14.0. The molecule has 1 aliphatic heterocycles. The third-order valence-corrected chi connectivity index (χ3v) is 4.83. The first-order chi connectivity index (χ1) is 10.9. The van der Waals surface area contributed by atoms with Gasteiger partial charge in [0.1, 0.15) is 5.82 Å². The van der Waals surface area contributed by atoms with E-state index in [9.17, 15) is 0 Å². The summed E-state index contributed by atoms with van der Waals surface area (Å²) in [6, 6.07) is 0. The number of piperidine rings is 1. The Kier molecular flexibility index (Phi) is 5.58. The molecule has 6 heteroatoms. The summed E-state index contributed by atoms with van der Waals surface area (Å²) in [5, 5.41) is 2.11. The van der Waals surface area contributed by atoms with E-state index in [1.807, 2.05) is 18.6 Å². The fourth-order valence-electron chi connectivity index (χ4n) is 3.11. The van der Waals surface area contributed by atoms with E-state index in [0.717, 1.165) is 38.5 Å². The maximum Gasteiger partial charge on any atom is 0.113 e. The van der Waals surface area contributed by atoms with Crippen LogP contribution in [0.2, 0.25) is 0 Å². The molecule has 0 N–H and O–H groups in total. The lowest BCUT2D eigenvalue weighted by Gasteiger charge is -2.32. The van der Waals surface area contributed by atoms with Gasteiger partial charge in [-0.25, -0.2) is 9.97 Å². The molecule has 0 bridgehead atoms. The first kappa shape index (κ1) is 15.6. The third-order valence-electron chi connectivity index (χ3n) is 4.19. The summed E-state index contributed by atoms with van der Waals surface area (Å²) in [7, 11) is 0. The molecule has 2 aromatic rings. The van der Waals surface area contributed by atoms with Crippen LogP contribution in [0, 0.1) is 0 Å². The van der Waals surface area contributed by atoms with Crippen LogP contribution in [-0.2, 0) is 11.3 Å². The lowest BCUT2D eigenvalue weighted by atomic mass is 9.97. The minimum absolute atomic E-state index is 0.518. The second-order valence-corrected chi connectivity index (χ2v) is 6.45. The summed E-state index contributed by atoms with van der Waals surface area (Å²) in [5.74, 6) is 1.72. The highest BCUT2D eigenvalue weighted by molar-refractivity contribution is 7.07. The summed E-state index contributed by atoms with van der Waals surface area (Å²) in [6.45, 7) is 7.79. The van der Waals surface area contributed by atoms with Crippen LogP contribution < -0.4 is 0 Å². The molecule has 1 fully saturated rings. The Hall–Kier alpha value is -1.24. The average molecular weight is 320 g/mol. The summed E-state index contributed by atoms with van der Waals surface area (Å²) in [5.41, 5.74) is 3.01. The molecule has 0 saturated carbocycles. The molecule has 3 rings (SSSR count). The van der Waals surface area contributed by atoms with Gasteiger partial charge in [-0.1, -0.05) is 0 Å². The maximum atomic E-state index is 5.49. The molecule has 0 amide bonds. The van der Waals surface area contributed by atoms with Crippen LogP contribution in [0.4, 0.5) is 0 Å². The van der Waals surface area contributed by atoms with Crippen molar-refractivity contribution in [2.45, 2.75) is 32.2 Å². The number of ether oxygens (including phenoxy) is 1. The molecule has 0 unspecified atom stereocenters. The molecule has 3 heterocycles. The second-order valence-electron chi connectivity index (χ2n) is 5.73. The molecule has 120 valence electrons. The van der Waals surface area contributed by atoms with E-state index in [2.05, 4.69) is 31.0 Å². The van der Waals surface area contributed by atoms with E-state index in [0.29, 0.717) is 5.92 Å². The maximum absolute atomic E-state index is 5.49. The van der Waals surface area contributed by atoms with Crippen molar-refractivity contribution >= 4 is 11.3 Å². The first-order valence-corrected chi connectivity index (χ1v) is 8.99. The van der Waals surface area contributed by atoms with Crippen molar-refractivity contribution in [2.75, 3.05) is 32.8 Å². The highest BCUT2D eigenvalue weighted by Gasteiger charge is 2.24. The number of nitrogens with zero attached hydrogens (tertiary/aromatic N) is 4. The van der Waals surface area contributed by atoms with E-state index in [-0.39, 0.29) is 0 Å². The molecule has 1 aliphatic rings.